The summed E-state index contributed by atoms with van der Waals surface area (Å²) in [6.07, 6.45) is 3.93. The Balaban J connectivity index is 2.20. The Hall–Kier alpha value is -1.90. The first kappa shape index (κ1) is 22.4. The van der Waals surface area contributed by atoms with Gasteiger partial charge in [-0.15, -0.1) is 0 Å². The van der Waals surface area contributed by atoms with Crippen LogP contribution in [0.15, 0.2) is 60.7 Å². The molecule has 0 radical (unpaired) electrons. The van der Waals surface area contributed by atoms with Crippen molar-refractivity contribution in [1.82, 2.24) is 4.90 Å². The fraction of sp³-hybridized carbons (Fsp3) is 0.462. The van der Waals surface area contributed by atoms with Crippen molar-refractivity contribution in [2.75, 3.05) is 20.2 Å². The average molecular weight is 380 g/mol. The lowest BCUT2D eigenvalue weighted by Crippen LogP contribution is -2.35. The molecule has 0 aliphatic carbocycles. The van der Waals surface area contributed by atoms with Gasteiger partial charge in [-0.1, -0.05) is 81.5 Å². The van der Waals surface area contributed by atoms with Gasteiger partial charge in [0.05, 0.1) is 0 Å². The van der Waals surface area contributed by atoms with Crippen LogP contribution in [0.4, 0.5) is 0 Å². The predicted molar refractivity (Wildman–Crippen MR) is 122 cm³/mol. The molecule has 0 saturated carbocycles. The van der Waals surface area contributed by atoms with Crippen LogP contribution in [0.5, 0.6) is 0 Å². The number of benzene rings is 2. The van der Waals surface area contributed by atoms with Crippen LogP contribution in [0.3, 0.4) is 0 Å². The second-order valence-electron chi connectivity index (χ2n) is 7.75. The van der Waals surface area contributed by atoms with E-state index in [1.807, 2.05) is 0 Å². The third-order valence-corrected chi connectivity index (χ3v) is 5.98. The van der Waals surface area contributed by atoms with Crippen LogP contribution >= 0.6 is 0 Å². The molecule has 0 fully saturated rings. The summed E-state index contributed by atoms with van der Waals surface area (Å²) in [5.41, 5.74) is 6.49. The van der Waals surface area contributed by atoms with Crippen LogP contribution in [0.2, 0.25) is 0 Å². The summed E-state index contributed by atoms with van der Waals surface area (Å²) in [5.74, 6) is 0.319. The number of aryl methyl sites for hydroxylation is 1. The largest absolute Gasteiger partial charge is 0.396 e. The first-order valence-corrected chi connectivity index (χ1v) is 10.7. The molecule has 2 aromatic carbocycles. The van der Waals surface area contributed by atoms with Crippen LogP contribution in [-0.2, 0) is 6.42 Å². The lowest BCUT2D eigenvalue weighted by molar-refractivity contribution is 0.176. The average Bonchev–Trinajstić information content (AvgIpc) is 2.75. The van der Waals surface area contributed by atoms with Gasteiger partial charge in [0.1, 0.15) is 0 Å². The topological polar surface area (TPSA) is 23.5 Å². The smallest absolute Gasteiger partial charge is 0.0445 e. The van der Waals surface area contributed by atoms with E-state index in [9.17, 15) is 5.11 Å². The predicted octanol–water partition coefficient (Wildman–Crippen LogP) is 6.06. The number of rotatable bonds is 11. The highest BCUT2D eigenvalue weighted by Crippen LogP contribution is 2.30. The van der Waals surface area contributed by atoms with Gasteiger partial charge < -0.3 is 10.0 Å². The fourth-order valence-electron chi connectivity index (χ4n) is 3.88. The van der Waals surface area contributed by atoms with Crippen LogP contribution in [0, 0.1) is 0 Å². The van der Waals surface area contributed by atoms with E-state index in [1.165, 1.54) is 27.8 Å². The Bertz CT molecular complexity index is 717. The maximum absolute atomic E-state index is 9.35. The van der Waals surface area contributed by atoms with Gasteiger partial charge in [-0.3, -0.25) is 0 Å². The van der Waals surface area contributed by atoms with E-state index < -0.39 is 0 Å². The van der Waals surface area contributed by atoms with Gasteiger partial charge in [0.15, 0.2) is 0 Å². The van der Waals surface area contributed by atoms with Crippen LogP contribution in [0.25, 0.3) is 11.1 Å². The molecule has 2 rings (SSSR count). The SMILES string of the molecule is C=C(CC)C(CN(C)C(CC)CCO)c1ccc(-c2ccc(CC)cc2)cc1. The van der Waals surface area contributed by atoms with E-state index in [0.717, 1.165) is 32.2 Å². The number of nitrogens with zero attached hydrogens (tertiary/aromatic N) is 1. The maximum atomic E-state index is 9.35. The van der Waals surface area contributed by atoms with Crippen LogP contribution < -0.4 is 0 Å². The quantitative estimate of drug-likeness (QED) is 0.480. The molecule has 2 nitrogen and oxygen atoms in total. The normalized spacial score (nSPS) is 13.5. The molecule has 0 spiro atoms. The number of hydrogen-bond donors (Lipinski definition) is 1. The Kier molecular flexibility index (Phi) is 8.95. The van der Waals surface area contributed by atoms with E-state index in [1.54, 1.807) is 0 Å². The standard InChI is InChI=1S/C26H37NO/c1-6-20(4)26(19-27(5)25(8-3)17-18-28)24-15-13-23(14-16-24)22-11-9-21(7-2)10-12-22/h9-16,25-26,28H,4,6-8,17-19H2,1-3,5H3. The molecule has 1 N–H and O–H groups in total. The van der Waals surface area contributed by atoms with Crippen molar-refractivity contribution < 1.29 is 5.11 Å². The van der Waals surface area contributed by atoms with Crippen molar-refractivity contribution in [1.29, 1.82) is 0 Å². The number of aliphatic hydroxyl groups is 1. The second-order valence-corrected chi connectivity index (χ2v) is 7.75. The number of aliphatic hydroxyl groups excluding tert-OH is 1. The molecule has 2 heteroatoms. The lowest BCUT2D eigenvalue weighted by Gasteiger charge is -2.31. The lowest BCUT2D eigenvalue weighted by atomic mass is 9.88. The van der Waals surface area contributed by atoms with Gasteiger partial charge in [0, 0.05) is 25.1 Å². The second kappa shape index (κ2) is 11.2. The summed E-state index contributed by atoms with van der Waals surface area (Å²) in [7, 11) is 2.17. The highest BCUT2D eigenvalue weighted by Gasteiger charge is 2.20. The first-order valence-electron chi connectivity index (χ1n) is 10.7. The minimum Gasteiger partial charge on any atom is -0.396 e. The summed E-state index contributed by atoms with van der Waals surface area (Å²) < 4.78 is 0. The van der Waals surface area contributed by atoms with Crippen molar-refractivity contribution in [3.8, 4) is 11.1 Å². The monoisotopic (exact) mass is 379 g/mol. The van der Waals surface area contributed by atoms with Crippen molar-refractivity contribution in [2.45, 2.75) is 58.4 Å². The first-order chi connectivity index (χ1) is 13.5. The van der Waals surface area contributed by atoms with Gasteiger partial charge >= 0.3 is 0 Å². The summed E-state index contributed by atoms with van der Waals surface area (Å²) in [4.78, 5) is 2.39. The molecule has 0 amide bonds. The van der Waals surface area contributed by atoms with E-state index >= 15 is 0 Å². The van der Waals surface area contributed by atoms with E-state index in [-0.39, 0.29) is 6.61 Å². The zero-order valence-corrected chi connectivity index (χ0v) is 18.1. The minimum atomic E-state index is 0.244. The molecule has 2 aromatic rings. The van der Waals surface area contributed by atoms with Crippen molar-refractivity contribution in [2.24, 2.45) is 0 Å². The zero-order chi connectivity index (χ0) is 20.5. The Morgan fingerprint density at radius 3 is 2.00 bits per heavy atom. The maximum Gasteiger partial charge on any atom is 0.0445 e. The molecular weight excluding hydrogens is 342 g/mol. The molecule has 0 aliphatic heterocycles. The summed E-state index contributed by atoms with van der Waals surface area (Å²) in [6, 6.07) is 18.3. The Morgan fingerprint density at radius 2 is 1.54 bits per heavy atom. The Labute approximate surface area is 171 Å². The van der Waals surface area contributed by atoms with E-state index in [2.05, 4.69) is 87.8 Å². The van der Waals surface area contributed by atoms with Gasteiger partial charge in [-0.25, -0.2) is 0 Å². The van der Waals surface area contributed by atoms with Gasteiger partial charge in [0.25, 0.3) is 0 Å². The number of likely N-dealkylation sites (N-methyl/N-ethyl adjacent to an activating group) is 1. The van der Waals surface area contributed by atoms with E-state index in [4.69, 9.17) is 0 Å². The minimum absolute atomic E-state index is 0.244. The number of hydrogen-bond acceptors (Lipinski definition) is 2. The fourth-order valence-corrected chi connectivity index (χ4v) is 3.88. The highest BCUT2D eigenvalue weighted by molar-refractivity contribution is 5.64. The molecular formula is C26H37NO. The molecule has 0 saturated heterocycles. The molecule has 152 valence electrons. The summed E-state index contributed by atoms with van der Waals surface area (Å²) in [6.45, 7) is 12.1. The van der Waals surface area contributed by atoms with Crippen molar-refractivity contribution in [3.63, 3.8) is 0 Å². The molecule has 0 heterocycles. The van der Waals surface area contributed by atoms with Crippen molar-refractivity contribution in [3.05, 3.63) is 71.8 Å². The molecule has 2 unspecified atom stereocenters. The Morgan fingerprint density at radius 1 is 0.964 bits per heavy atom. The third kappa shape index (κ3) is 5.80. The summed E-state index contributed by atoms with van der Waals surface area (Å²) in [5, 5.41) is 9.35. The molecule has 0 aromatic heterocycles. The highest BCUT2D eigenvalue weighted by atomic mass is 16.3. The van der Waals surface area contributed by atoms with Crippen LogP contribution in [-0.4, -0.2) is 36.2 Å². The molecule has 2 atom stereocenters. The van der Waals surface area contributed by atoms with Crippen LogP contribution in [0.1, 0.15) is 57.1 Å². The third-order valence-electron chi connectivity index (χ3n) is 5.98. The molecule has 0 bridgehead atoms. The molecule has 28 heavy (non-hydrogen) atoms. The van der Waals surface area contributed by atoms with Gasteiger partial charge in [-0.05, 0) is 55.0 Å². The van der Waals surface area contributed by atoms with Gasteiger partial charge in [-0.2, -0.15) is 0 Å². The molecule has 0 aliphatic rings. The van der Waals surface area contributed by atoms with E-state index in [0.29, 0.717) is 12.0 Å². The van der Waals surface area contributed by atoms with Crippen molar-refractivity contribution >= 4 is 0 Å². The summed E-state index contributed by atoms with van der Waals surface area (Å²) >= 11 is 0. The zero-order valence-electron chi connectivity index (χ0n) is 18.1. The van der Waals surface area contributed by atoms with Gasteiger partial charge in [0.2, 0.25) is 0 Å².